The van der Waals surface area contributed by atoms with Crippen LogP contribution in [0, 0.1) is 39.9 Å². The lowest BCUT2D eigenvalue weighted by atomic mass is 9.41. The van der Waals surface area contributed by atoms with Crippen LogP contribution in [0.15, 0.2) is 23.0 Å². The van der Waals surface area contributed by atoms with Gasteiger partial charge in [0.15, 0.2) is 11.6 Å². The van der Waals surface area contributed by atoms with Crippen LogP contribution in [0.4, 0.5) is 0 Å². The van der Waals surface area contributed by atoms with Crippen molar-refractivity contribution in [3.8, 4) is 0 Å². The Labute approximate surface area is 203 Å². The summed E-state index contributed by atoms with van der Waals surface area (Å²) in [5.74, 6) is 1.67. The number of Topliss-reactive ketones (excluding diaryl/α,β-unsaturated/α-hetero) is 1. The molecule has 4 nitrogen and oxygen atoms in total. The minimum Gasteiger partial charge on any atom is -0.488 e. The number of rotatable bonds is 1. The van der Waals surface area contributed by atoms with Crippen molar-refractivity contribution < 1.29 is 19.1 Å². The van der Waals surface area contributed by atoms with E-state index in [0.717, 1.165) is 43.4 Å². The molecule has 2 bridgehead atoms. The predicted octanol–water partition coefficient (Wildman–Crippen LogP) is 5.94. The number of carbonyl (C=O) groups is 2. The fourth-order valence-electron chi connectivity index (χ4n) is 11.1. The summed E-state index contributed by atoms with van der Waals surface area (Å²) in [6.45, 7) is 15.5. The number of allylic oxidation sites excluding steroid dienone is 3. The molecule has 3 saturated carbocycles. The maximum Gasteiger partial charge on any atom is 0.177 e. The fourth-order valence-corrected chi connectivity index (χ4v) is 11.1. The molecular formula is C30H40O4. The zero-order valence-electron chi connectivity index (χ0n) is 22.0. The molecule has 3 spiro atoms. The molecule has 2 aliphatic heterocycles. The standard InChI is InChI=1S/C30H40O4/c1-16(2)22-23(32)28-12-9-19-25(4,5)10-8-11-27(19)15-29(28)18(17(3)13-21(28)31)14-20-26(6,7)33-24(22)30(20,29)34-27/h13,16,18-20H,8-12,14-15H2,1-7H3/t18-,19-,20+,27-,28-,29-,30-/m1/s1. The zero-order valence-corrected chi connectivity index (χ0v) is 22.0. The van der Waals surface area contributed by atoms with Crippen LogP contribution in [-0.2, 0) is 19.1 Å². The van der Waals surface area contributed by atoms with Gasteiger partial charge in [0.05, 0.1) is 5.60 Å². The van der Waals surface area contributed by atoms with Gasteiger partial charge in [-0.2, -0.15) is 0 Å². The summed E-state index contributed by atoms with van der Waals surface area (Å²) in [5.41, 5.74) is -0.831. The molecule has 0 N–H and O–H groups in total. The summed E-state index contributed by atoms with van der Waals surface area (Å²) in [6, 6.07) is 0. The Morgan fingerprint density at radius 3 is 2.47 bits per heavy atom. The summed E-state index contributed by atoms with van der Waals surface area (Å²) in [6.07, 6.45) is 8.59. The molecule has 0 aromatic rings. The van der Waals surface area contributed by atoms with Gasteiger partial charge in [-0.1, -0.05) is 39.7 Å². The Balaban J connectivity index is 1.64. The number of hydrogen-bond acceptors (Lipinski definition) is 4. The average molecular weight is 465 g/mol. The molecule has 0 radical (unpaired) electrons. The van der Waals surface area contributed by atoms with Crippen molar-refractivity contribution >= 4 is 11.6 Å². The lowest BCUT2D eigenvalue weighted by Crippen LogP contribution is -2.68. The van der Waals surface area contributed by atoms with Crippen LogP contribution in [-0.4, -0.2) is 28.4 Å². The van der Waals surface area contributed by atoms with Crippen molar-refractivity contribution in [1.29, 1.82) is 0 Å². The maximum atomic E-state index is 14.8. The van der Waals surface area contributed by atoms with E-state index in [1.165, 1.54) is 12.0 Å². The van der Waals surface area contributed by atoms with E-state index in [2.05, 4.69) is 48.5 Å². The Hall–Kier alpha value is -1.42. The van der Waals surface area contributed by atoms with Crippen molar-refractivity contribution in [1.82, 2.24) is 0 Å². The highest BCUT2D eigenvalue weighted by Crippen LogP contribution is 2.85. The van der Waals surface area contributed by atoms with Crippen LogP contribution in [0.25, 0.3) is 0 Å². The van der Waals surface area contributed by atoms with Crippen LogP contribution >= 0.6 is 0 Å². The SMILES string of the molecule is CC1=CC(=O)[C@@]23CC[C@@H]4C(C)(C)CCC[C@@]45C[C@@]24[C@@H]1C[C@H]1C(C)(C)OC(=C(C(C)C)C3=O)[C@]14O5. The molecule has 7 rings (SSSR count). The third-order valence-electron chi connectivity index (χ3n) is 12.1. The molecule has 0 aromatic carbocycles. The molecule has 5 fully saturated rings. The molecule has 0 amide bonds. The van der Waals surface area contributed by atoms with Gasteiger partial charge in [0.1, 0.15) is 22.4 Å². The highest BCUT2D eigenvalue weighted by atomic mass is 16.6. The third-order valence-corrected chi connectivity index (χ3v) is 12.1. The van der Waals surface area contributed by atoms with Crippen molar-refractivity contribution in [3.63, 3.8) is 0 Å². The van der Waals surface area contributed by atoms with Gasteiger partial charge < -0.3 is 9.47 Å². The molecule has 184 valence electrons. The van der Waals surface area contributed by atoms with Crippen molar-refractivity contribution in [2.45, 2.75) is 110 Å². The van der Waals surface area contributed by atoms with E-state index >= 15 is 0 Å². The molecule has 0 unspecified atom stereocenters. The number of ether oxygens (including phenoxy) is 2. The number of hydrogen-bond donors (Lipinski definition) is 0. The van der Waals surface area contributed by atoms with Gasteiger partial charge in [-0.3, -0.25) is 9.59 Å². The molecule has 7 atom stereocenters. The third kappa shape index (κ3) is 1.87. The summed E-state index contributed by atoms with van der Waals surface area (Å²) in [7, 11) is 0. The van der Waals surface area contributed by atoms with Gasteiger partial charge in [-0.05, 0) is 88.5 Å². The van der Waals surface area contributed by atoms with Crippen molar-refractivity contribution in [3.05, 3.63) is 23.0 Å². The lowest BCUT2D eigenvalue weighted by molar-refractivity contribution is -0.207. The first-order valence-corrected chi connectivity index (χ1v) is 13.7. The van der Waals surface area contributed by atoms with Crippen molar-refractivity contribution in [2.24, 2.45) is 39.9 Å². The van der Waals surface area contributed by atoms with Gasteiger partial charge in [0.2, 0.25) is 0 Å². The molecule has 2 heterocycles. The number of carbonyl (C=O) groups excluding carboxylic acids is 2. The van der Waals surface area contributed by atoms with E-state index in [4.69, 9.17) is 9.47 Å². The summed E-state index contributed by atoms with van der Waals surface area (Å²) >= 11 is 0. The summed E-state index contributed by atoms with van der Waals surface area (Å²) in [5, 5.41) is 0. The molecule has 5 aliphatic carbocycles. The van der Waals surface area contributed by atoms with Crippen LogP contribution < -0.4 is 0 Å². The van der Waals surface area contributed by atoms with E-state index in [1.54, 1.807) is 0 Å². The molecule has 0 aromatic heterocycles. The second-order valence-electron chi connectivity index (χ2n) is 14.4. The lowest BCUT2D eigenvalue weighted by Gasteiger charge is -2.59. The van der Waals surface area contributed by atoms with Crippen LogP contribution in [0.5, 0.6) is 0 Å². The van der Waals surface area contributed by atoms with E-state index in [-0.39, 0.29) is 40.3 Å². The second kappa shape index (κ2) is 5.76. The highest BCUT2D eigenvalue weighted by molar-refractivity contribution is 6.21. The Morgan fingerprint density at radius 2 is 1.76 bits per heavy atom. The average Bonchev–Trinajstić information content (AvgIpc) is 3.18. The normalized spacial score (nSPS) is 51.2. The van der Waals surface area contributed by atoms with Gasteiger partial charge in [-0.15, -0.1) is 0 Å². The van der Waals surface area contributed by atoms with Crippen molar-refractivity contribution in [2.75, 3.05) is 0 Å². The summed E-state index contributed by atoms with van der Waals surface area (Å²) < 4.78 is 14.6. The molecule has 2 saturated heterocycles. The zero-order chi connectivity index (χ0) is 24.3. The fraction of sp³-hybridized carbons (Fsp3) is 0.800. The minimum absolute atomic E-state index is 0.00155. The smallest absolute Gasteiger partial charge is 0.177 e. The topological polar surface area (TPSA) is 52.6 Å². The summed E-state index contributed by atoms with van der Waals surface area (Å²) in [4.78, 5) is 29.2. The van der Waals surface area contributed by atoms with E-state index in [1.807, 2.05) is 6.08 Å². The minimum atomic E-state index is -1.00. The van der Waals surface area contributed by atoms with Gasteiger partial charge in [0, 0.05) is 16.9 Å². The van der Waals surface area contributed by atoms with E-state index in [0.29, 0.717) is 12.3 Å². The molecule has 34 heavy (non-hydrogen) atoms. The molecular weight excluding hydrogens is 424 g/mol. The largest absolute Gasteiger partial charge is 0.488 e. The Bertz CT molecular complexity index is 1120. The first-order chi connectivity index (χ1) is 15.8. The Morgan fingerprint density at radius 1 is 1.03 bits per heavy atom. The van der Waals surface area contributed by atoms with Gasteiger partial charge in [0.25, 0.3) is 0 Å². The van der Waals surface area contributed by atoms with Crippen LogP contribution in [0.1, 0.15) is 93.4 Å². The monoisotopic (exact) mass is 464 g/mol. The Kier molecular flexibility index (Phi) is 3.70. The van der Waals surface area contributed by atoms with Crippen LogP contribution in [0.3, 0.4) is 0 Å². The van der Waals surface area contributed by atoms with Gasteiger partial charge >= 0.3 is 0 Å². The highest BCUT2D eigenvalue weighted by Gasteiger charge is 2.91. The number of ketones is 2. The first kappa shape index (κ1) is 21.8. The predicted molar refractivity (Wildman–Crippen MR) is 129 cm³/mol. The van der Waals surface area contributed by atoms with Crippen LogP contribution in [0.2, 0.25) is 0 Å². The molecule has 7 aliphatic rings. The quantitative estimate of drug-likeness (QED) is 0.450. The maximum absolute atomic E-state index is 14.8. The van der Waals surface area contributed by atoms with Gasteiger partial charge in [-0.25, -0.2) is 0 Å². The van der Waals surface area contributed by atoms with E-state index in [9.17, 15) is 9.59 Å². The van der Waals surface area contributed by atoms with E-state index < -0.39 is 22.0 Å². The molecule has 4 heteroatoms. The first-order valence-electron chi connectivity index (χ1n) is 13.7. The second-order valence-corrected chi connectivity index (χ2v) is 14.4.